The van der Waals surface area contributed by atoms with E-state index in [9.17, 15) is 9.59 Å². The van der Waals surface area contributed by atoms with Gasteiger partial charge in [-0.2, -0.15) is 0 Å². The van der Waals surface area contributed by atoms with Crippen molar-refractivity contribution in [3.8, 4) is 0 Å². The molecule has 6 heteroatoms. The Bertz CT molecular complexity index is 490. The van der Waals surface area contributed by atoms with Gasteiger partial charge in [-0.1, -0.05) is 23.2 Å². The van der Waals surface area contributed by atoms with E-state index >= 15 is 0 Å². The van der Waals surface area contributed by atoms with Gasteiger partial charge in [0.05, 0.1) is 10.7 Å². The van der Waals surface area contributed by atoms with Crippen molar-refractivity contribution < 1.29 is 9.59 Å². The number of anilines is 1. The van der Waals surface area contributed by atoms with Crippen LogP contribution in [-0.4, -0.2) is 29.9 Å². The maximum Gasteiger partial charge on any atom is 0.331 e. The number of amides is 3. The molecule has 1 fully saturated rings. The highest BCUT2D eigenvalue weighted by atomic mass is 35.5. The van der Waals surface area contributed by atoms with E-state index in [2.05, 4.69) is 0 Å². The summed E-state index contributed by atoms with van der Waals surface area (Å²) in [7, 11) is 0. The molecular weight excluding hydrogens is 263 g/mol. The zero-order valence-corrected chi connectivity index (χ0v) is 10.6. The van der Waals surface area contributed by atoms with Gasteiger partial charge >= 0.3 is 6.03 Å². The topological polar surface area (TPSA) is 40.6 Å². The fourth-order valence-corrected chi connectivity index (χ4v) is 2.06. The molecule has 0 unspecified atom stereocenters. The van der Waals surface area contributed by atoms with Gasteiger partial charge in [-0.05, 0) is 25.1 Å². The van der Waals surface area contributed by atoms with Crippen LogP contribution in [0.4, 0.5) is 10.5 Å². The molecule has 1 aliphatic rings. The van der Waals surface area contributed by atoms with Gasteiger partial charge in [-0.25, -0.2) is 9.69 Å². The van der Waals surface area contributed by atoms with Gasteiger partial charge in [0.1, 0.15) is 6.54 Å². The van der Waals surface area contributed by atoms with E-state index in [1.807, 2.05) is 6.92 Å². The Morgan fingerprint density at radius 1 is 1.29 bits per heavy atom. The third kappa shape index (κ3) is 2.10. The number of carbonyl (C=O) groups is 2. The first-order chi connectivity index (χ1) is 8.04. The summed E-state index contributed by atoms with van der Waals surface area (Å²) in [6.07, 6.45) is 0. The molecule has 3 amide bonds. The second-order valence-electron chi connectivity index (χ2n) is 3.62. The second kappa shape index (κ2) is 4.55. The summed E-state index contributed by atoms with van der Waals surface area (Å²) in [6.45, 7) is 2.38. The molecule has 0 aliphatic carbocycles. The second-order valence-corrected chi connectivity index (χ2v) is 4.47. The standard InChI is InChI=1S/C11H10Cl2N2O2/c1-2-14-6-10(16)15(11(14)17)9-5-7(12)3-4-8(9)13/h3-5H,2,6H2,1H3. The molecular formula is C11H10Cl2N2O2. The molecule has 1 aromatic carbocycles. The molecule has 0 radical (unpaired) electrons. The predicted octanol–water partition coefficient (Wildman–Crippen LogP) is 2.78. The molecule has 0 N–H and O–H groups in total. The number of halogens is 2. The Balaban J connectivity index is 2.43. The maximum atomic E-state index is 11.9. The number of nitrogens with zero attached hydrogens (tertiary/aromatic N) is 2. The van der Waals surface area contributed by atoms with E-state index in [1.54, 1.807) is 12.1 Å². The fourth-order valence-electron chi connectivity index (χ4n) is 1.69. The van der Waals surface area contributed by atoms with E-state index in [-0.39, 0.29) is 18.5 Å². The van der Waals surface area contributed by atoms with E-state index in [0.29, 0.717) is 22.3 Å². The first-order valence-electron chi connectivity index (χ1n) is 5.11. The smallest absolute Gasteiger partial charge is 0.315 e. The van der Waals surface area contributed by atoms with Crippen LogP contribution >= 0.6 is 23.2 Å². The minimum atomic E-state index is -0.360. The van der Waals surface area contributed by atoms with E-state index in [1.165, 1.54) is 11.0 Å². The Morgan fingerprint density at radius 2 is 2.00 bits per heavy atom. The van der Waals surface area contributed by atoms with Crippen LogP contribution in [0.1, 0.15) is 6.92 Å². The van der Waals surface area contributed by atoms with Crippen molar-refractivity contribution in [3.63, 3.8) is 0 Å². The van der Waals surface area contributed by atoms with Gasteiger partial charge in [0.25, 0.3) is 5.91 Å². The van der Waals surface area contributed by atoms with Gasteiger partial charge < -0.3 is 4.90 Å². The van der Waals surface area contributed by atoms with Crippen molar-refractivity contribution in [2.75, 3.05) is 18.0 Å². The van der Waals surface area contributed by atoms with Crippen LogP contribution in [-0.2, 0) is 4.79 Å². The van der Waals surface area contributed by atoms with E-state index in [0.717, 1.165) is 4.90 Å². The van der Waals surface area contributed by atoms with Gasteiger partial charge in [0.15, 0.2) is 0 Å². The van der Waals surface area contributed by atoms with Crippen molar-refractivity contribution in [1.29, 1.82) is 0 Å². The lowest BCUT2D eigenvalue weighted by Gasteiger charge is -2.16. The molecule has 90 valence electrons. The normalized spacial score (nSPS) is 15.9. The van der Waals surface area contributed by atoms with Crippen molar-refractivity contribution in [2.45, 2.75) is 6.92 Å². The Morgan fingerprint density at radius 3 is 2.59 bits per heavy atom. The number of urea groups is 1. The summed E-state index contributed by atoms with van der Waals surface area (Å²) in [4.78, 5) is 26.2. The highest BCUT2D eigenvalue weighted by Crippen LogP contribution is 2.31. The van der Waals surface area contributed by atoms with Crippen LogP contribution in [0, 0.1) is 0 Å². The summed E-state index contributed by atoms with van der Waals surface area (Å²) in [6, 6.07) is 4.32. The number of hydrogen-bond donors (Lipinski definition) is 0. The zero-order valence-electron chi connectivity index (χ0n) is 9.11. The maximum absolute atomic E-state index is 11.9. The molecule has 1 saturated heterocycles. The van der Waals surface area contributed by atoms with Gasteiger partial charge in [0, 0.05) is 11.6 Å². The molecule has 1 aromatic rings. The van der Waals surface area contributed by atoms with E-state index < -0.39 is 0 Å². The molecule has 0 atom stereocenters. The van der Waals surface area contributed by atoms with Crippen LogP contribution in [0.15, 0.2) is 18.2 Å². The lowest BCUT2D eigenvalue weighted by molar-refractivity contribution is -0.116. The summed E-state index contributed by atoms with van der Waals surface area (Å²) < 4.78 is 0. The minimum Gasteiger partial charge on any atom is -0.315 e. The number of hydrogen-bond acceptors (Lipinski definition) is 2. The quantitative estimate of drug-likeness (QED) is 0.777. The number of carbonyl (C=O) groups excluding carboxylic acids is 2. The first kappa shape index (κ1) is 12.2. The van der Waals surface area contributed by atoms with Crippen LogP contribution in [0.25, 0.3) is 0 Å². The molecule has 2 rings (SSSR count). The number of benzene rings is 1. The van der Waals surface area contributed by atoms with Crippen molar-refractivity contribution in [1.82, 2.24) is 4.90 Å². The van der Waals surface area contributed by atoms with Crippen LogP contribution in [0.3, 0.4) is 0 Å². The Kier molecular flexibility index (Phi) is 3.26. The van der Waals surface area contributed by atoms with Gasteiger partial charge in [0.2, 0.25) is 0 Å². The van der Waals surface area contributed by atoms with Crippen LogP contribution in [0.5, 0.6) is 0 Å². The highest BCUT2D eigenvalue weighted by Gasteiger charge is 2.37. The summed E-state index contributed by atoms with van der Waals surface area (Å²) in [5, 5.41) is 0.758. The molecule has 0 saturated carbocycles. The third-order valence-corrected chi connectivity index (χ3v) is 3.12. The minimum absolute atomic E-state index is 0.0815. The average Bonchev–Trinajstić information content (AvgIpc) is 2.58. The fraction of sp³-hybridized carbons (Fsp3) is 0.273. The molecule has 17 heavy (non-hydrogen) atoms. The Labute approximate surface area is 109 Å². The van der Waals surface area contributed by atoms with Crippen molar-refractivity contribution in [3.05, 3.63) is 28.2 Å². The largest absolute Gasteiger partial charge is 0.331 e. The van der Waals surface area contributed by atoms with Crippen LogP contribution in [0.2, 0.25) is 10.0 Å². The lowest BCUT2D eigenvalue weighted by atomic mass is 10.3. The SMILES string of the molecule is CCN1CC(=O)N(c2cc(Cl)ccc2Cl)C1=O. The molecule has 0 bridgehead atoms. The molecule has 0 spiro atoms. The first-order valence-corrected chi connectivity index (χ1v) is 5.87. The molecule has 1 heterocycles. The number of imide groups is 1. The average molecular weight is 273 g/mol. The molecule has 4 nitrogen and oxygen atoms in total. The molecule has 1 aliphatic heterocycles. The number of likely N-dealkylation sites (N-methyl/N-ethyl adjacent to an activating group) is 1. The predicted molar refractivity (Wildman–Crippen MR) is 66.6 cm³/mol. The summed E-state index contributed by atoms with van der Waals surface area (Å²) in [5.74, 6) is -0.291. The van der Waals surface area contributed by atoms with Crippen molar-refractivity contribution >= 4 is 40.8 Å². The zero-order chi connectivity index (χ0) is 12.6. The monoisotopic (exact) mass is 272 g/mol. The van der Waals surface area contributed by atoms with Crippen LogP contribution < -0.4 is 4.90 Å². The third-order valence-electron chi connectivity index (χ3n) is 2.57. The van der Waals surface area contributed by atoms with Gasteiger partial charge in [-0.15, -0.1) is 0 Å². The highest BCUT2D eigenvalue weighted by molar-refractivity contribution is 6.37. The van der Waals surface area contributed by atoms with Gasteiger partial charge in [-0.3, -0.25) is 4.79 Å². The number of rotatable bonds is 2. The summed E-state index contributed by atoms with van der Waals surface area (Å²) >= 11 is 11.8. The van der Waals surface area contributed by atoms with Crippen molar-refractivity contribution in [2.24, 2.45) is 0 Å². The molecule has 0 aromatic heterocycles. The lowest BCUT2D eigenvalue weighted by Crippen LogP contribution is -2.33. The summed E-state index contributed by atoms with van der Waals surface area (Å²) in [5.41, 5.74) is 0.338. The Hall–Kier alpha value is -1.26. The van der Waals surface area contributed by atoms with E-state index in [4.69, 9.17) is 23.2 Å².